The van der Waals surface area contributed by atoms with Gasteiger partial charge in [-0.25, -0.2) is 8.78 Å². The first-order valence-corrected chi connectivity index (χ1v) is 9.67. The van der Waals surface area contributed by atoms with Crippen LogP contribution in [0.2, 0.25) is 0 Å². The lowest BCUT2D eigenvalue weighted by atomic mass is 10.0. The number of aryl methyl sites for hydroxylation is 1. The van der Waals surface area contributed by atoms with E-state index in [9.17, 15) is 13.6 Å². The molecule has 0 saturated carbocycles. The first-order chi connectivity index (χ1) is 13.9. The van der Waals surface area contributed by atoms with E-state index in [-0.39, 0.29) is 18.1 Å². The molecular weight excluding hydrogens is 390 g/mol. The predicted octanol–water partition coefficient (Wildman–Crippen LogP) is 3.73. The quantitative estimate of drug-likeness (QED) is 0.631. The SMILES string of the molecule is CC(NC(C)(C)C)c1ccc(OCC(F)F)c(CN)c1.Cc1cc(C(N)=O)ccn1. The van der Waals surface area contributed by atoms with Gasteiger partial charge in [0.15, 0.2) is 0 Å². The van der Waals surface area contributed by atoms with E-state index >= 15 is 0 Å². The molecule has 6 nitrogen and oxygen atoms in total. The molecule has 5 N–H and O–H groups in total. The first-order valence-electron chi connectivity index (χ1n) is 9.67. The van der Waals surface area contributed by atoms with Crippen molar-refractivity contribution in [3.8, 4) is 5.75 Å². The molecule has 1 atom stereocenters. The number of nitrogens with one attached hydrogen (secondary N) is 1. The lowest BCUT2D eigenvalue weighted by Crippen LogP contribution is -2.37. The minimum atomic E-state index is -2.48. The summed E-state index contributed by atoms with van der Waals surface area (Å²) >= 11 is 0. The lowest BCUT2D eigenvalue weighted by Gasteiger charge is -2.27. The summed E-state index contributed by atoms with van der Waals surface area (Å²) in [4.78, 5) is 14.5. The molecule has 0 bridgehead atoms. The average molecular weight is 423 g/mol. The van der Waals surface area contributed by atoms with E-state index in [0.717, 1.165) is 16.8 Å². The van der Waals surface area contributed by atoms with Gasteiger partial charge in [-0.2, -0.15) is 0 Å². The van der Waals surface area contributed by atoms with E-state index in [2.05, 4.69) is 38.0 Å². The average Bonchev–Trinajstić information content (AvgIpc) is 2.65. The maximum atomic E-state index is 12.2. The van der Waals surface area contributed by atoms with Crippen LogP contribution in [0, 0.1) is 6.92 Å². The van der Waals surface area contributed by atoms with E-state index in [0.29, 0.717) is 11.3 Å². The van der Waals surface area contributed by atoms with Crippen LogP contribution in [-0.4, -0.2) is 29.5 Å². The molecule has 1 heterocycles. The Bertz CT molecular complexity index is 823. The Morgan fingerprint density at radius 1 is 1.23 bits per heavy atom. The van der Waals surface area contributed by atoms with Crippen LogP contribution in [-0.2, 0) is 6.54 Å². The number of primary amides is 1. The van der Waals surface area contributed by atoms with E-state index < -0.39 is 18.9 Å². The third kappa shape index (κ3) is 9.28. The van der Waals surface area contributed by atoms with Crippen molar-refractivity contribution in [3.63, 3.8) is 0 Å². The maximum Gasteiger partial charge on any atom is 0.272 e. The van der Waals surface area contributed by atoms with Crippen molar-refractivity contribution < 1.29 is 18.3 Å². The minimum Gasteiger partial charge on any atom is -0.487 e. The summed E-state index contributed by atoms with van der Waals surface area (Å²) in [6, 6.07) is 8.89. The summed E-state index contributed by atoms with van der Waals surface area (Å²) in [5.74, 6) is 0.0185. The van der Waals surface area contributed by atoms with Crippen LogP contribution in [0.3, 0.4) is 0 Å². The fourth-order valence-corrected chi connectivity index (χ4v) is 2.75. The van der Waals surface area contributed by atoms with Crippen molar-refractivity contribution >= 4 is 5.91 Å². The zero-order valence-electron chi connectivity index (χ0n) is 18.2. The molecule has 0 aliphatic rings. The van der Waals surface area contributed by atoms with Gasteiger partial charge in [0.05, 0.1) is 0 Å². The molecule has 30 heavy (non-hydrogen) atoms. The van der Waals surface area contributed by atoms with Gasteiger partial charge in [0.1, 0.15) is 12.4 Å². The fraction of sp³-hybridized carbons (Fsp3) is 0.455. The molecule has 2 rings (SSSR count). The number of hydrogen-bond acceptors (Lipinski definition) is 5. The number of ether oxygens (including phenoxy) is 1. The lowest BCUT2D eigenvalue weighted by molar-refractivity contribution is 0.0814. The molecule has 0 spiro atoms. The molecule has 1 aromatic carbocycles. The smallest absolute Gasteiger partial charge is 0.272 e. The van der Waals surface area contributed by atoms with Crippen LogP contribution in [0.1, 0.15) is 60.9 Å². The summed E-state index contributed by atoms with van der Waals surface area (Å²) in [7, 11) is 0. The van der Waals surface area contributed by atoms with Gasteiger partial charge in [0, 0.05) is 41.1 Å². The van der Waals surface area contributed by atoms with Gasteiger partial charge in [0.25, 0.3) is 6.43 Å². The zero-order chi connectivity index (χ0) is 22.9. The van der Waals surface area contributed by atoms with Crippen molar-refractivity contribution in [1.82, 2.24) is 10.3 Å². The minimum absolute atomic E-state index is 0.00680. The van der Waals surface area contributed by atoms with Crippen LogP contribution < -0.4 is 21.5 Å². The number of halogens is 2. The topological polar surface area (TPSA) is 103 Å². The van der Waals surface area contributed by atoms with E-state index in [4.69, 9.17) is 16.2 Å². The van der Waals surface area contributed by atoms with Gasteiger partial charge in [-0.3, -0.25) is 9.78 Å². The van der Waals surface area contributed by atoms with E-state index in [1.165, 1.54) is 0 Å². The molecule has 8 heteroatoms. The molecule has 2 aromatic rings. The summed E-state index contributed by atoms with van der Waals surface area (Å²) < 4.78 is 29.4. The largest absolute Gasteiger partial charge is 0.487 e. The number of rotatable bonds is 7. The highest BCUT2D eigenvalue weighted by Gasteiger charge is 2.16. The van der Waals surface area contributed by atoms with Gasteiger partial charge in [-0.15, -0.1) is 0 Å². The molecule has 1 unspecified atom stereocenters. The molecule has 0 fully saturated rings. The van der Waals surface area contributed by atoms with Gasteiger partial charge in [-0.1, -0.05) is 6.07 Å². The van der Waals surface area contributed by atoms with Crippen LogP contribution in [0.5, 0.6) is 5.75 Å². The molecule has 166 valence electrons. The van der Waals surface area contributed by atoms with Gasteiger partial charge >= 0.3 is 0 Å². The number of carbonyl (C=O) groups excluding carboxylic acids is 1. The van der Waals surface area contributed by atoms with Crippen LogP contribution in [0.25, 0.3) is 0 Å². The molecular formula is C22H32F2N4O2. The molecule has 1 aromatic heterocycles. The Labute approximate surface area is 177 Å². The highest BCUT2D eigenvalue weighted by molar-refractivity contribution is 5.92. The van der Waals surface area contributed by atoms with E-state index in [1.54, 1.807) is 24.4 Å². The Balaban J connectivity index is 0.000000375. The summed E-state index contributed by atoms with van der Waals surface area (Å²) in [5, 5.41) is 3.45. The first kappa shape index (κ1) is 25.5. The number of pyridine rings is 1. The summed E-state index contributed by atoms with van der Waals surface area (Å²) in [5.41, 5.74) is 13.8. The second-order valence-electron chi connectivity index (χ2n) is 7.94. The van der Waals surface area contributed by atoms with Crippen LogP contribution in [0.15, 0.2) is 36.5 Å². The molecule has 0 radical (unpaired) electrons. The van der Waals surface area contributed by atoms with Crippen molar-refractivity contribution in [3.05, 3.63) is 58.9 Å². The fourth-order valence-electron chi connectivity index (χ4n) is 2.75. The second-order valence-corrected chi connectivity index (χ2v) is 7.94. The number of amides is 1. The summed E-state index contributed by atoms with van der Waals surface area (Å²) in [6.07, 6.45) is -0.920. The number of hydrogen-bond donors (Lipinski definition) is 3. The number of aromatic nitrogens is 1. The number of nitrogens with two attached hydrogens (primary N) is 2. The van der Waals surface area contributed by atoms with E-state index in [1.807, 2.05) is 19.1 Å². The normalized spacial score (nSPS) is 12.2. The van der Waals surface area contributed by atoms with Crippen LogP contribution in [0.4, 0.5) is 8.78 Å². The van der Waals surface area contributed by atoms with Gasteiger partial charge < -0.3 is 21.5 Å². The van der Waals surface area contributed by atoms with Crippen molar-refractivity contribution in [1.29, 1.82) is 0 Å². The standard InChI is InChI=1S/C15H24F2N2O.C7H8N2O/c1-10(19-15(2,3)4)11-5-6-13(12(7-11)8-18)20-9-14(16)17;1-5-4-6(7(8)10)2-3-9-5/h5-7,10,14,19H,8-9,18H2,1-4H3;2-4H,1H3,(H2,8,10). The third-order valence-electron chi connectivity index (χ3n) is 4.00. The molecule has 0 saturated heterocycles. The second kappa shape index (κ2) is 11.6. The molecule has 1 amide bonds. The number of alkyl halides is 2. The monoisotopic (exact) mass is 422 g/mol. The Hall–Kier alpha value is -2.58. The van der Waals surface area contributed by atoms with Crippen molar-refractivity contribution in [2.45, 2.75) is 59.2 Å². The Kier molecular flexibility index (Phi) is 9.81. The van der Waals surface area contributed by atoms with Crippen molar-refractivity contribution in [2.75, 3.05) is 6.61 Å². The Morgan fingerprint density at radius 2 is 1.90 bits per heavy atom. The highest BCUT2D eigenvalue weighted by atomic mass is 19.3. The molecule has 0 aliphatic heterocycles. The maximum absolute atomic E-state index is 12.2. The molecule has 0 aliphatic carbocycles. The summed E-state index contributed by atoms with van der Waals surface area (Å²) in [6.45, 7) is 9.79. The van der Waals surface area contributed by atoms with Gasteiger partial charge in [-0.05, 0) is 64.4 Å². The Morgan fingerprint density at radius 3 is 2.37 bits per heavy atom. The zero-order valence-corrected chi connectivity index (χ0v) is 18.2. The third-order valence-corrected chi connectivity index (χ3v) is 4.00. The number of benzene rings is 1. The van der Waals surface area contributed by atoms with Gasteiger partial charge in [0.2, 0.25) is 5.91 Å². The van der Waals surface area contributed by atoms with Crippen LogP contribution >= 0.6 is 0 Å². The number of carbonyl (C=O) groups is 1. The highest BCUT2D eigenvalue weighted by Crippen LogP contribution is 2.25. The van der Waals surface area contributed by atoms with Crippen molar-refractivity contribution in [2.24, 2.45) is 11.5 Å². The predicted molar refractivity (Wildman–Crippen MR) is 115 cm³/mol. The number of nitrogens with zero attached hydrogens (tertiary/aromatic N) is 1.